The molecule has 96 valence electrons. The highest BCUT2D eigenvalue weighted by Gasteiger charge is 2.36. The summed E-state index contributed by atoms with van der Waals surface area (Å²) in [5, 5.41) is 2.53. The molecule has 2 fully saturated rings. The molecule has 0 aromatic heterocycles. The number of amides is 4. The van der Waals surface area contributed by atoms with Crippen molar-refractivity contribution < 1.29 is 18.0 Å². The van der Waals surface area contributed by atoms with E-state index in [0.29, 0.717) is 19.5 Å². The van der Waals surface area contributed by atoms with Gasteiger partial charge in [0.2, 0.25) is 0 Å². The predicted molar refractivity (Wildman–Crippen MR) is 60.3 cm³/mol. The molecule has 1 N–H and O–H groups in total. The van der Waals surface area contributed by atoms with Gasteiger partial charge in [-0.2, -0.15) is 0 Å². The van der Waals surface area contributed by atoms with E-state index in [1.54, 1.807) is 7.05 Å². The first-order chi connectivity index (χ1) is 7.91. The van der Waals surface area contributed by atoms with Gasteiger partial charge in [-0.05, 0) is 6.42 Å². The second-order valence-corrected chi connectivity index (χ2v) is 6.56. The Hall–Kier alpha value is -1.31. The Morgan fingerprint density at radius 2 is 2.24 bits per heavy atom. The molecule has 8 heteroatoms. The Morgan fingerprint density at radius 3 is 2.71 bits per heavy atom. The summed E-state index contributed by atoms with van der Waals surface area (Å²) in [6, 6.07) is -1.16. The third-order valence-corrected chi connectivity index (χ3v) is 4.90. The normalized spacial score (nSPS) is 27.0. The van der Waals surface area contributed by atoms with E-state index in [0.717, 1.165) is 4.90 Å². The fraction of sp³-hybridized carbons (Fsp3) is 0.778. The van der Waals surface area contributed by atoms with Gasteiger partial charge in [-0.1, -0.05) is 0 Å². The van der Waals surface area contributed by atoms with E-state index in [1.807, 2.05) is 0 Å². The number of sulfone groups is 1. The van der Waals surface area contributed by atoms with Crippen molar-refractivity contribution >= 4 is 21.9 Å². The van der Waals surface area contributed by atoms with Gasteiger partial charge in [0.15, 0.2) is 9.84 Å². The number of hydrogen-bond acceptors (Lipinski definition) is 4. The molecule has 0 aromatic carbocycles. The number of carbonyl (C=O) groups excluding carboxylic acids is 2. The molecular weight excluding hydrogens is 246 g/mol. The van der Waals surface area contributed by atoms with Crippen LogP contribution < -0.4 is 5.32 Å². The van der Waals surface area contributed by atoms with Crippen LogP contribution in [0.3, 0.4) is 0 Å². The molecule has 7 nitrogen and oxygen atoms in total. The summed E-state index contributed by atoms with van der Waals surface area (Å²) in [5.41, 5.74) is 0. The highest BCUT2D eigenvalue weighted by Crippen LogP contribution is 2.18. The molecule has 4 amide bonds. The zero-order valence-electron chi connectivity index (χ0n) is 9.55. The first-order valence-corrected chi connectivity index (χ1v) is 7.25. The highest BCUT2D eigenvalue weighted by molar-refractivity contribution is 7.91. The molecule has 2 rings (SSSR count). The van der Waals surface area contributed by atoms with Crippen LogP contribution in [0.5, 0.6) is 0 Å². The van der Waals surface area contributed by atoms with Gasteiger partial charge in [-0.3, -0.25) is 0 Å². The van der Waals surface area contributed by atoms with Gasteiger partial charge >= 0.3 is 12.1 Å². The van der Waals surface area contributed by atoms with Crippen molar-refractivity contribution in [3.63, 3.8) is 0 Å². The van der Waals surface area contributed by atoms with Gasteiger partial charge in [0.25, 0.3) is 0 Å². The third kappa shape index (κ3) is 2.36. The summed E-state index contributed by atoms with van der Waals surface area (Å²) in [7, 11) is -1.48. The van der Waals surface area contributed by atoms with E-state index in [1.165, 1.54) is 4.90 Å². The highest BCUT2D eigenvalue weighted by atomic mass is 32.2. The maximum atomic E-state index is 11.9. The van der Waals surface area contributed by atoms with Crippen molar-refractivity contribution in [2.75, 3.05) is 31.6 Å². The first kappa shape index (κ1) is 12.2. The van der Waals surface area contributed by atoms with E-state index < -0.39 is 21.9 Å². The maximum absolute atomic E-state index is 11.9. The Bertz CT molecular complexity index is 447. The average molecular weight is 261 g/mol. The van der Waals surface area contributed by atoms with Crippen LogP contribution in [0.4, 0.5) is 9.59 Å². The molecule has 2 heterocycles. The summed E-state index contributed by atoms with van der Waals surface area (Å²) in [6.45, 7) is 0.781. The summed E-state index contributed by atoms with van der Waals surface area (Å²) in [6.07, 6.45) is 0.444. The summed E-state index contributed by atoms with van der Waals surface area (Å²) in [4.78, 5) is 25.7. The Balaban J connectivity index is 2.03. The lowest BCUT2D eigenvalue weighted by atomic mass is 10.2. The number of imide groups is 1. The summed E-state index contributed by atoms with van der Waals surface area (Å²) in [5.74, 6) is 0.103. The minimum Gasteiger partial charge on any atom is -0.336 e. The van der Waals surface area contributed by atoms with Gasteiger partial charge in [0.05, 0.1) is 11.5 Å². The third-order valence-electron chi connectivity index (χ3n) is 3.15. The van der Waals surface area contributed by atoms with Crippen molar-refractivity contribution in [3.8, 4) is 0 Å². The Labute approximate surface area is 99.7 Å². The van der Waals surface area contributed by atoms with E-state index in [4.69, 9.17) is 0 Å². The largest absolute Gasteiger partial charge is 0.336 e. The molecule has 0 spiro atoms. The number of carbonyl (C=O) groups is 2. The van der Waals surface area contributed by atoms with Gasteiger partial charge in [-0.25, -0.2) is 22.9 Å². The van der Waals surface area contributed by atoms with Crippen LogP contribution in [0, 0.1) is 0 Å². The van der Waals surface area contributed by atoms with Crippen LogP contribution in [-0.2, 0) is 9.84 Å². The van der Waals surface area contributed by atoms with Crippen molar-refractivity contribution in [2.45, 2.75) is 12.5 Å². The number of nitrogens with zero attached hydrogens (tertiary/aromatic N) is 2. The van der Waals surface area contributed by atoms with Gasteiger partial charge in [-0.15, -0.1) is 0 Å². The Kier molecular flexibility index (Phi) is 2.98. The molecule has 17 heavy (non-hydrogen) atoms. The molecule has 2 aliphatic heterocycles. The number of rotatable bonds is 1. The van der Waals surface area contributed by atoms with Crippen LogP contribution >= 0.6 is 0 Å². The molecular formula is C9H15N3O4S. The fourth-order valence-electron chi connectivity index (χ4n) is 2.08. The number of urea groups is 2. The molecule has 0 bridgehead atoms. The van der Waals surface area contributed by atoms with Crippen molar-refractivity contribution in [3.05, 3.63) is 0 Å². The quantitative estimate of drug-likeness (QED) is 0.673. The van der Waals surface area contributed by atoms with E-state index >= 15 is 0 Å². The predicted octanol–water partition coefficient (Wildman–Crippen LogP) is -0.749. The lowest BCUT2D eigenvalue weighted by Gasteiger charge is -2.26. The molecule has 1 atom stereocenters. The lowest BCUT2D eigenvalue weighted by molar-refractivity contribution is 0.161. The molecule has 0 saturated carbocycles. The molecule has 0 radical (unpaired) electrons. The van der Waals surface area contributed by atoms with Crippen molar-refractivity contribution in [2.24, 2.45) is 0 Å². The molecule has 0 aliphatic carbocycles. The number of hydrogen-bond donors (Lipinski definition) is 1. The number of nitrogens with one attached hydrogen (secondary N) is 1. The standard InChI is InChI=1S/C9H15N3O4S/c1-11(7-2-5-17(15,16)6-7)9(14)12-4-3-10-8(12)13/h7H,2-6H2,1H3,(H,10,13). The van der Waals surface area contributed by atoms with Crippen molar-refractivity contribution in [1.29, 1.82) is 0 Å². The lowest BCUT2D eigenvalue weighted by Crippen LogP contribution is -2.47. The second-order valence-electron chi connectivity index (χ2n) is 4.33. The van der Waals surface area contributed by atoms with Crippen LogP contribution in [0.25, 0.3) is 0 Å². The van der Waals surface area contributed by atoms with Crippen LogP contribution in [0.1, 0.15) is 6.42 Å². The molecule has 0 aromatic rings. The average Bonchev–Trinajstić information content (AvgIpc) is 2.82. The van der Waals surface area contributed by atoms with Gasteiger partial charge in [0.1, 0.15) is 0 Å². The fourth-order valence-corrected chi connectivity index (χ4v) is 3.86. The van der Waals surface area contributed by atoms with E-state index in [-0.39, 0.29) is 17.5 Å². The van der Waals surface area contributed by atoms with E-state index in [2.05, 4.69) is 5.32 Å². The summed E-state index contributed by atoms with van der Waals surface area (Å²) >= 11 is 0. The smallest absolute Gasteiger partial charge is 0.328 e. The Morgan fingerprint density at radius 1 is 1.53 bits per heavy atom. The van der Waals surface area contributed by atoms with Gasteiger partial charge in [0, 0.05) is 26.2 Å². The van der Waals surface area contributed by atoms with Gasteiger partial charge < -0.3 is 10.2 Å². The van der Waals surface area contributed by atoms with Crippen LogP contribution in [0.2, 0.25) is 0 Å². The maximum Gasteiger partial charge on any atom is 0.328 e. The molecule has 2 aliphatic rings. The van der Waals surface area contributed by atoms with Crippen LogP contribution in [-0.4, -0.2) is 68.0 Å². The summed E-state index contributed by atoms with van der Waals surface area (Å²) < 4.78 is 22.6. The minimum absolute atomic E-state index is 0.00923. The first-order valence-electron chi connectivity index (χ1n) is 5.43. The zero-order chi connectivity index (χ0) is 12.6. The monoisotopic (exact) mass is 261 g/mol. The minimum atomic E-state index is -3.02. The van der Waals surface area contributed by atoms with Crippen LogP contribution in [0.15, 0.2) is 0 Å². The molecule has 1 unspecified atom stereocenters. The SMILES string of the molecule is CN(C(=O)N1CCNC1=O)C1CCS(=O)(=O)C1. The van der Waals surface area contributed by atoms with Crippen molar-refractivity contribution in [1.82, 2.24) is 15.1 Å². The van der Waals surface area contributed by atoms with E-state index in [9.17, 15) is 18.0 Å². The zero-order valence-corrected chi connectivity index (χ0v) is 10.4. The topological polar surface area (TPSA) is 86.8 Å². The molecule has 2 saturated heterocycles. The second kappa shape index (κ2) is 4.17.